The number of hydrogen-bond acceptors (Lipinski definition) is 10. The van der Waals surface area contributed by atoms with Crippen molar-refractivity contribution >= 4 is 51.5 Å². The fourth-order valence-electron chi connectivity index (χ4n) is 8.81. The van der Waals surface area contributed by atoms with Gasteiger partial charge in [0.2, 0.25) is 0 Å². The van der Waals surface area contributed by atoms with Crippen molar-refractivity contribution in [2.75, 3.05) is 0 Å². The summed E-state index contributed by atoms with van der Waals surface area (Å²) < 4.78 is 138. The van der Waals surface area contributed by atoms with Crippen LogP contribution in [0.4, 0.5) is 0 Å². The van der Waals surface area contributed by atoms with Gasteiger partial charge < -0.3 is 9.55 Å². The molecule has 0 saturated heterocycles. The van der Waals surface area contributed by atoms with Gasteiger partial charge in [0.05, 0.1) is 31.0 Å². The van der Waals surface area contributed by atoms with E-state index in [-0.39, 0.29) is 36.7 Å². The zero-order chi connectivity index (χ0) is 46.2. The van der Waals surface area contributed by atoms with E-state index in [4.69, 9.17) is 15.0 Å². The number of nitrogens with zero attached hydrogens (tertiary/aromatic N) is 4. The van der Waals surface area contributed by atoms with E-state index >= 15 is 0 Å². The van der Waals surface area contributed by atoms with E-state index in [1.165, 1.54) is 48.5 Å². The van der Waals surface area contributed by atoms with Gasteiger partial charge in [-0.1, -0.05) is 60.7 Å². The first kappa shape index (κ1) is 46.9. The van der Waals surface area contributed by atoms with E-state index in [9.17, 15) is 51.9 Å². The van der Waals surface area contributed by atoms with E-state index < -0.39 is 40.5 Å². The van der Waals surface area contributed by atoms with Gasteiger partial charge >= 0.3 is 17.1 Å². The molecule has 0 saturated carbocycles. The van der Waals surface area contributed by atoms with Gasteiger partial charge in [-0.2, -0.15) is 33.7 Å². The molecule has 0 atom stereocenters. The molecule has 4 aromatic carbocycles. The average Bonchev–Trinajstić information content (AvgIpc) is 4.09. The molecule has 0 spiro atoms. The van der Waals surface area contributed by atoms with Gasteiger partial charge in [0.25, 0.3) is 40.5 Å². The maximum atomic E-state index is 12.1. The molecule has 21 heteroatoms. The van der Waals surface area contributed by atoms with Crippen LogP contribution in [0.1, 0.15) is 34.2 Å². The van der Waals surface area contributed by atoms with Gasteiger partial charge in [-0.25, -0.2) is 0 Å². The van der Waals surface area contributed by atoms with Crippen molar-refractivity contribution in [3.8, 4) is 44.5 Å². The summed E-state index contributed by atoms with van der Waals surface area (Å²) in [6.45, 7) is 0. The van der Waals surface area contributed by atoms with Crippen molar-refractivity contribution in [3.63, 3.8) is 0 Å². The second kappa shape index (κ2) is 17.3. The van der Waals surface area contributed by atoms with Crippen molar-refractivity contribution < 1.29 is 69.0 Å². The van der Waals surface area contributed by atoms with Crippen LogP contribution in [0.15, 0.2) is 129 Å². The third-order valence-corrected chi connectivity index (χ3v) is 15.3. The van der Waals surface area contributed by atoms with E-state index in [2.05, 4.69) is 0 Å². The molecular formula is C45H37CuN4O12S4. The maximum absolute atomic E-state index is 12.1. The number of benzene rings is 4. The monoisotopic (exact) mass is 1020 g/mol. The van der Waals surface area contributed by atoms with Crippen molar-refractivity contribution in [3.05, 3.63) is 143 Å². The molecule has 16 nitrogen and oxygen atoms in total. The van der Waals surface area contributed by atoms with Crippen molar-refractivity contribution in [1.29, 1.82) is 0 Å². The number of aryl methyl sites for hydroxylation is 4. The summed E-state index contributed by atoms with van der Waals surface area (Å²) >= 11 is 0. The smallest absolute Gasteiger partial charge is 0.657 e. The van der Waals surface area contributed by atoms with E-state index in [1.807, 2.05) is 11.6 Å². The van der Waals surface area contributed by atoms with Crippen LogP contribution in [0, 0.1) is 0 Å². The van der Waals surface area contributed by atoms with Gasteiger partial charge in [-0.15, -0.1) is 11.0 Å². The normalized spacial score (nSPS) is 13.8. The summed E-state index contributed by atoms with van der Waals surface area (Å²) in [6.07, 6.45) is 2.56. The maximum Gasteiger partial charge on any atom is 1.00 e. The molecule has 3 aliphatic heterocycles. The first-order valence-corrected chi connectivity index (χ1v) is 25.7. The molecule has 0 unspecified atom stereocenters. The standard InChI is InChI=1S/C45H37N4O12S4.Cu/c1-49-40-24-25-41(49)45(29-8-16-33(17-9-29)65(59,60)61)39-23-21-37(48-39)43(27-4-12-31(13-5-27)63(53,54)55)35-19-18-34(46-35)42(26-2-10-30(11-3-26)62(50,51)52)36-20-22-38(47-36)44(40)28-6-14-32(15-7-28)64(56,57)58;/h2-19H,20-25H2,1H3,(H,50,51,52)(H,53,54,55)(H,56,57,58)(H,59,60,61);/q-1;+1. The Morgan fingerprint density at radius 1 is 0.394 bits per heavy atom. The summed E-state index contributed by atoms with van der Waals surface area (Å²) in [4.78, 5) is 14.4. The van der Waals surface area contributed by atoms with Crippen molar-refractivity contribution in [2.45, 2.75) is 58.1 Å². The summed E-state index contributed by atoms with van der Waals surface area (Å²) in [5, 5.41) is 0. The first-order valence-electron chi connectivity index (χ1n) is 19.9. The molecule has 2 aromatic heterocycles. The molecule has 9 rings (SSSR count). The predicted octanol–water partition coefficient (Wildman–Crippen LogP) is 6.68. The molecule has 3 aliphatic rings. The van der Waals surface area contributed by atoms with Crippen LogP contribution in [0.5, 0.6) is 0 Å². The number of rotatable bonds is 8. The minimum Gasteiger partial charge on any atom is -0.657 e. The van der Waals surface area contributed by atoms with Crippen LogP contribution < -0.4 is 4.98 Å². The van der Waals surface area contributed by atoms with Gasteiger partial charge in [-0.05, 0) is 120 Å². The van der Waals surface area contributed by atoms with Gasteiger partial charge in [0.15, 0.2) is 0 Å². The summed E-state index contributed by atoms with van der Waals surface area (Å²) in [5.74, 6) is 0. The minimum atomic E-state index is -4.53. The Morgan fingerprint density at radius 3 is 0.894 bits per heavy atom. The zero-order valence-electron chi connectivity index (χ0n) is 34.4. The van der Waals surface area contributed by atoms with Crippen molar-refractivity contribution in [1.82, 2.24) is 19.5 Å². The fourth-order valence-corrected chi connectivity index (χ4v) is 10.7. The second-order valence-electron chi connectivity index (χ2n) is 15.7. The molecule has 344 valence electrons. The van der Waals surface area contributed by atoms with Gasteiger partial charge in [0, 0.05) is 41.0 Å². The molecule has 8 bridgehead atoms. The van der Waals surface area contributed by atoms with Crippen LogP contribution in [0.25, 0.3) is 55.5 Å². The molecule has 66 heavy (non-hydrogen) atoms. The predicted molar refractivity (Wildman–Crippen MR) is 239 cm³/mol. The first-order chi connectivity index (χ1) is 30.6. The third-order valence-electron chi connectivity index (χ3n) is 11.8. The molecule has 0 amide bonds. The fraction of sp³-hybridized carbons (Fsp3) is 0.156. The van der Waals surface area contributed by atoms with E-state index in [0.29, 0.717) is 117 Å². The molecule has 4 N–H and O–H groups in total. The Morgan fingerprint density at radius 2 is 0.636 bits per heavy atom. The van der Waals surface area contributed by atoms with Gasteiger partial charge in [0.1, 0.15) is 0 Å². The Hall–Kier alpha value is -5.58. The van der Waals surface area contributed by atoms with Crippen LogP contribution >= 0.6 is 0 Å². The number of hydrogen-bond donors (Lipinski definition) is 4. The summed E-state index contributed by atoms with van der Waals surface area (Å²) in [7, 11) is -16.2. The van der Waals surface area contributed by atoms with Crippen LogP contribution in [0.2, 0.25) is 0 Å². The topological polar surface area (TPSA) is 262 Å². The van der Waals surface area contributed by atoms with Crippen LogP contribution in [-0.4, -0.2) is 66.4 Å². The molecule has 5 heterocycles. The molecular weight excluding hydrogens is 980 g/mol. The molecule has 0 fully saturated rings. The Labute approximate surface area is 390 Å². The Kier molecular flexibility index (Phi) is 12.3. The molecule has 0 aliphatic carbocycles. The van der Waals surface area contributed by atoms with Crippen molar-refractivity contribution in [2.24, 2.45) is 7.05 Å². The summed E-state index contributed by atoms with van der Waals surface area (Å²) in [5.41, 5.74) is 9.84. The van der Waals surface area contributed by atoms with Crippen LogP contribution in [-0.2, 0) is 103 Å². The summed E-state index contributed by atoms with van der Waals surface area (Å²) in [6, 6.07) is 26.5. The second-order valence-corrected chi connectivity index (χ2v) is 21.4. The number of fused-ring (bicyclic) bond motifs is 8. The molecule has 0 radical (unpaired) electrons. The third kappa shape index (κ3) is 8.98. The largest absolute Gasteiger partial charge is 1.00 e. The van der Waals surface area contributed by atoms with Gasteiger partial charge in [-0.3, -0.25) is 28.2 Å². The SMILES string of the molecule is Cn1c2c(-c3ccc(S(=O)(=O)O)cc3)c3nc(c(-c4ccc(S(=O)(=O)O)cc4)c4ccc([n-]4)c(-c4ccc(S(=O)(=O)O)cc4)c4nc(c(-c5ccc(S(=O)(=O)O)cc5)c1CC2)CC4)CC3.[Cu+]. The number of aromatic nitrogens is 4. The zero-order valence-corrected chi connectivity index (χ0v) is 38.6. The molecule has 6 aromatic rings. The minimum absolute atomic E-state index is 0. The van der Waals surface area contributed by atoms with E-state index in [0.717, 1.165) is 11.4 Å². The quantitative estimate of drug-likeness (QED) is 0.0915. The average molecular weight is 1020 g/mol. The Bertz CT molecular complexity index is 3390. The Balaban J connectivity index is 0.00000592. The van der Waals surface area contributed by atoms with E-state index in [1.54, 1.807) is 60.7 Å². The van der Waals surface area contributed by atoms with Crippen LogP contribution in [0.3, 0.4) is 0 Å².